The molecule has 4 nitrogen and oxygen atoms in total. The summed E-state index contributed by atoms with van der Waals surface area (Å²) in [7, 11) is 0. The molecule has 0 aliphatic carbocycles. The van der Waals surface area contributed by atoms with E-state index in [2.05, 4.69) is 16.8 Å². The number of nitrogen functional groups attached to an aromatic ring is 1. The number of nitrogens with zero attached hydrogens (tertiary/aromatic N) is 2. The van der Waals surface area contributed by atoms with Crippen LogP contribution in [0.1, 0.15) is 0 Å². The Morgan fingerprint density at radius 1 is 1.43 bits per heavy atom. The molecule has 1 aromatic rings. The Morgan fingerprint density at radius 3 is 2.64 bits per heavy atom. The van der Waals surface area contributed by atoms with Gasteiger partial charge in [-0.3, -0.25) is 5.41 Å². The number of thioether (sulfide) groups is 1. The first-order valence-electron chi connectivity index (χ1n) is 3.86. The van der Waals surface area contributed by atoms with Crippen LogP contribution >= 0.6 is 11.8 Å². The van der Waals surface area contributed by atoms with Crippen molar-refractivity contribution < 1.29 is 0 Å². The molecule has 3 N–H and O–H groups in total. The lowest BCUT2D eigenvalue weighted by Crippen LogP contribution is -1.81. The van der Waals surface area contributed by atoms with Crippen molar-refractivity contribution in [3.05, 3.63) is 36.3 Å². The summed E-state index contributed by atoms with van der Waals surface area (Å²) in [5.41, 5.74) is 6.85. The number of azo groups is 1. The summed E-state index contributed by atoms with van der Waals surface area (Å²) in [6.45, 7) is 3.47. The third-order valence-corrected chi connectivity index (χ3v) is 1.82. The van der Waals surface area contributed by atoms with Gasteiger partial charge in [0.2, 0.25) is 5.17 Å². The first-order valence-corrected chi connectivity index (χ1v) is 4.73. The van der Waals surface area contributed by atoms with Crippen molar-refractivity contribution in [2.75, 3.05) is 5.73 Å². The minimum absolute atomic E-state index is 0.108. The van der Waals surface area contributed by atoms with Crippen molar-refractivity contribution in [2.24, 2.45) is 10.2 Å². The van der Waals surface area contributed by atoms with Crippen LogP contribution < -0.4 is 5.73 Å². The van der Waals surface area contributed by atoms with Crippen LogP contribution in [0.15, 0.2) is 46.5 Å². The van der Waals surface area contributed by atoms with Crippen LogP contribution in [0.25, 0.3) is 0 Å². The Morgan fingerprint density at radius 2 is 2.07 bits per heavy atom. The Hall–Kier alpha value is -1.62. The van der Waals surface area contributed by atoms with Gasteiger partial charge in [-0.1, -0.05) is 18.3 Å². The lowest BCUT2D eigenvalue weighted by atomic mass is 10.3. The van der Waals surface area contributed by atoms with Crippen molar-refractivity contribution in [3.63, 3.8) is 0 Å². The Bertz CT molecular complexity index is 356. The first-order chi connectivity index (χ1) is 6.72. The number of nitrogens with two attached hydrogens (primary N) is 1. The van der Waals surface area contributed by atoms with Crippen LogP contribution in [0.5, 0.6) is 0 Å². The number of rotatable bonds is 2. The number of benzene rings is 1. The second kappa shape index (κ2) is 5.18. The highest BCUT2D eigenvalue weighted by atomic mass is 32.2. The molecule has 0 saturated heterocycles. The fourth-order valence-corrected chi connectivity index (χ4v) is 0.992. The van der Waals surface area contributed by atoms with Crippen LogP contribution in [0.4, 0.5) is 11.4 Å². The molecule has 1 rings (SSSR count). The lowest BCUT2D eigenvalue weighted by Gasteiger charge is -1.93. The van der Waals surface area contributed by atoms with Gasteiger partial charge >= 0.3 is 0 Å². The number of hydrogen-bond acceptors (Lipinski definition) is 4. The maximum atomic E-state index is 7.29. The summed E-state index contributed by atoms with van der Waals surface area (Å²) in [6.07, 6.45) is 0. The van der Waals surface area contributed by atoms with E-state index < -0.39 is 0 Å². The normalized spacial score (nSPS) is 10.3. The predicted molar refractivity (Wildman–Crippen MR) is 60.9 cm³/mol. The highest BCUT2D eigenvalue weighted by molar-refractivity contribution is 8.16. The summed E-state index contributed by atoms with van der Waals surface area (Å²) in [6, 6.07) is 6.95. The molecule has 0 aliphatic heterocycles. The quantitative estimate of drug-likeness (QED) is 0.337. The zero-order valence-electron chi connectivity index (χ0n) is 7.47. The van der Waals surface area contributed by atoms with Crippen molar-refractivity contribution in [3.8, 4) is 0 Å². The molecule has 72 valence electrons. The standard InChI is InChI=1S/C9H10N4S/c1-2-14-9(11)13-12-8-5-3-7(10)4-6-8/h2-6,11H,1,10H2. The number of hydrogen-bond donors (Lipinski definition) is 2. The number of amidine groups is 1. The largest absolute Gasteiger partial charge is 0.399 e. The highest BCUT2D eigenvalue weighted by Gasteiger charge is 1.91. The van der Waals surface area contributed by atoms with Crippen LogP contribution in [0.2, 0.25) is 0 Å². The molecule has 0 radical (unpaired) electrons. The van der Waals surface area contributed by atoms with E-state index >= 15 is 0 Å². The molecule has 0 amide bonds. The van der Waals surface area contributed by atoms with Gasteiger partial charge in [0.05, 0.1) is 5.69 Å². The molecule has 0 fully saturated rings. The Labute approximate surface area is 86.4 Å². The molecular weight excluding hydrogens is 196 g/mol. The van der Waals surface area contributed by atoms with E-state index in [0.717, 1.165) is 11.8 Å². The second-order valence-corrected chi connectivity index (χ2v) is 3.34. The maximum Gasteiger partial charge on any atom is 0.205 e. The number of nitrogens with one attached hydrogen (secondary N) is 1. The van der Waals surface area contributed by atoms with E-state index in [1.54, 1.807) is 24.3 Å². The van der Waals surface area contributed by atoms with Crippen LogP contribution in [-0.4, -0.2) is 5.17 Å². The first kappa shape index (κ1) is 10.5. The SMILES string of the molecule is C=CSC(=N)N=Nc1ccc(N)cc1. The molecule has 0 aromatic heterocycles. The van der Waals surface area contributed by atoms with Crippen molar-refractivity contribution in [2.45, 2.75) is 0 Å². The van der Waals surface area contributed by atoms with E-state index in [4.69, 9.17) is 11.1 Å². The minimum Gasteiger partial charge on any atom is -0.399 e. The van der Waals surface area contributed by atoms with Gasteiger partial charge in [0.15, 0.2) is 0 Å². The maximum absolute atomic E-state index is 7.29. The molecule has 0 saturated carbocycles. The molecule has 0 aliphatic rings. The van der Waals surface area contributed by atoms with Crippen molar-refractivity contribution in [1.29, 1.82) is 5.41 Å². The fraction of sp³-hybridized carbons (Fsp3) is 0. The average Bonchev–Trinajstić information content (AvgIpc) is 2.17. The van der Waals surface area contributed by atoms with Gasteiger partial charge in [-0.05, 0) is 29.7 Å². The molecule has 0 atom stereocenters. The zero-order valence-corrected chi connectivity index (χ0v) is 8.29. The third kappa shape index (κ3) is 3.40. The van der Waals surface area contributed by atoms with E-state index in [1.807, 2.05) is 0 Å². The minimum atomic E-state index is 0.108. The Balaban J connectivity index is 2.64. The third-order valence-electron chi connectivity index (χ3n) is 1.34. The average molecular weight is 206 g/mol. The molecular formula is C9H10N4S. The van der Waals surface area contributed by atoms with E-state index in [1.165, 1.54) is 5.41 Å². The smallest absolute Gasteiger partial charge is 0.205 e. The molecule has 0 heterocycles. The van der Waals surface area contributed by atoms with Gasteiger partial charge < -0.3 is 5.73 Å². The molecule has 5 heteroatoms. The van der Waals surface area contributed by atoms with Crippen molar-refractivity contribution in [1.82, 2.24) is 0 Å². The molecule has 1 aromatic carbocycles. The van der Waals surface area contributed by atoms with Crippen LogP contribution in [0.3, 0.4) is 0 Å². The topological polar surface area (TPSA) is 74.6 Å². The van der Waals surface area contributed by atoms with Gasteiger partial charge in [-0.15, -0.1) is 10.2 Å². The van der Waals surface area contributed by atoms with E-state index in [9.17, 15) is 0 Å². The van der Waals surface area contributed by atoms with Gasteiger partial charge in [0.1, 0.15) is 0 Å². The van der Waals surface area contributed by atoms with Gasteiger partial charge in [0.25, 0.3) is 0 Å². The van der Waals surface area contributed by atoms with Crippen LogP contribution in [-0.2, 0) is 0 Å². The molecule has 14 heavy (non-hydrogen) atoms. The highest BCUT2D eigenvalue weighted by Crippen LogP contribution is 2.15. The van der Waals surface area contributed by atoms with Gasteiger partial charge in [-0.2, -0.15) is 0 Å². The fourth-order valence-electron chi connectivity index (χ4n) is 0.747. The van der Waals surface area contributed by atoms with Gasteiger partial charge in [-0.25, -0.2) is 0 Å². The Kier molecular flexibility index (Phi) is 3.87. The predicted octanol–water partition coefficient (Wildman–Crippen LogP) is 3.16. The summed E-state index contributed by atoms with van der Waals surface area (Å²) in [5, 5.41) is 16.4. The summed E-state index contributed by atoms with van der Waals surface area (Å²) < 4.78 is 0. The monoisotopic (exact) mass is 206 g/mol. The van der Waals surface area contributed by atoms with Crippen molar-refractivity contribution >= 4 is 28.3 Å². The summed E-state index contributed by atoms with van der Waals surface area (Å²) >= 11 is 1.12. The van der Waals surface area contributed by atoms with Gasteiger partial charge in [0, 0.05) is 5.69 Å². The van der Waals surface area contributed by atoms with E-state index in [-0.39, 0.29) is 5.17 Å². The summed E-state index contributed by atoms with van der Waals surface area (Å²) in [4.78, 5) is 0. The van der Waals surface area contributed by atoms with Crippen LogP contribution in [0, 0.1) is 5.41 Å². The summed E-state index contributed by atoms with van der Waals surface area (Å²) in [5.74, 6) is 0. The molecule has 0 spiro atoms. The lowest BCUT2D eigenvalue weighted by molar-refractivity contribution is 1.27. The second-order valence-electron chi connectivity index (χ2n) is 2.38. The number of anilines is 1. The van der Waals surface area contributed by atoms with E-state index in [0.29, 0.717) is 11.4 Å². The molecule has 0 unspecified atom stereocenters. The molecule has 0 bridgehead atoms. The zero-order chi connectivity index (χ0) is 10.4.